The topological polar surface area (TPSA) is 269 Å². The first-order valence-electron chi connectivity index (χ1n) is 36.5. The van der Waals surface area contributed by atoms with Gasteiger partial charge in [0.05, 0.1) is 0 Å². The molecule has 0 bridgehead atoms. The zero-order valence-electron chi connectivity index (χ0n) is 68.6. The van der Waals surface area contributed by atoms with Gasteiger partial charge in [-0.25, -0.2) is 12.6 Å². The van der Waals surface area contributed by atoms with Gasteiger partial charge >= 0.3 is 72.8 Å². The van der Waals surface area contributed by atoms with Crippen LogP contribution in [0.1, 0.15) is 168 Å². The lowest BCUT2D eigenvalue weighted by Crippen LogP contribution is -2.04. The number of ether oxygens (including phenoxy) is 1. The molecular formula is C91H92N12O12S2+10. The maximum Gasteiger partial charge on any atom is 0.389 e. The van der Waals surface area contributed by atoms with Crippen LogP contribution < -0.4 is 8.92 Å². The summed E-state index contributed by atoms with van der Waals surface area (Å²) in [5, 5.41) is 87.9. The molecule has 0 aromatic heterocycles. The van der Waals surface area contributed by atoms with Crippen LogP contribution >= 0.6 is 0 Å². The van der Waals surface area contributed by atoms with Gasteiger partial charge in [0, 0.05) is 48.9 Å². The highest BCUT2D eigenvalue weighted by molar-refractivity contribution is 7.90. The Kier molecular flexibility index (Phi) is 36.9. The molecule has 590 valence electrons. The zero-order valence-corrected chi connectivity index (χ0v) is 70.2. The second-order valence-corrected chi connectivity index (χ2v) is 28.4. The number of fused-ring (bicyclic) bond motifs is 2. The maximum absolute atomic E-state index is 12.3. The van der Waals surface area contributed by atoms with Crippen molar-refractivity contribution in [3.8, 4) is 90.1 Å². The molecule has 5 N–H and O–H groups in total. The van der Waals surface area contributed by atoms with Crippen LogP contribution in [-0.4, -0.2) is 80.2 Å². The normalized spacial score (nSPS) is 9.62. The molecule has 0 radical (unpaired) electrons. The summed E-state index contributed by atoms with van der Waals surface area (Å²) < 4.78 is 47.5. The van der Waals surface area contributed by atoms with E-state index in [0.29, 0.717) is 38.5 Å². The van der Waals surface area contributed by atoms with Gasteiger partial charge in [0.1, 0.15) is 88.1 Å². The van der Waals surface area contributed by atoms with Crippen molar-refractivity contribution in [2.24, 2.45) is 0 Å². The lowest BCUT2D eigenvalue weighted by atomic mass is 9.89. The largest absolute Gasteiger partial charge is 0.498 e. The molecule has 0 fully saturated rings. The van der Waals surface area contributed by atoms with Crippen molar-refractivity contribution < 1.29 is 47.6 Å². The Morgan fingerprint density at radius 3 is 1.17 bits per heavy atom. The number of aryl methyl sites for hydroxylation is 9. The fourth-order valence-corrected chi connectivity index (χ4v) is 14.6. The van der Waals surface area contributed by atoms with E-state index in [-0.39, 0.29) is 10.5 Å². The summed E-state index contributed by atoms with van der Waals surface area (Å²) in [6, 6.07) is 73.9. The van der Waals surface area contributed by atoms with Crippen LogP contribution in [-0.2, 0) is 53.0 Å². The van der Waals surface area contributed by atoms with Gasteiger partial charge in [-0.2, -0.15) is 26.0 Å². The Bertz CT molecular complexity index is 6080. The van der Waals surface area contributed by atoms with Crippen LogP contribution in [0.25, 0.3) is 80.8 Å². The summed E-state index contributed by atoms with van der Waals surface area (Å²) >= 11 is -1.78. The molecule has 10 aromatic rings. The predicted molar refractivity (Wildman–Crippen MR) is 468 cm³/mol. The number of benzene rings is 10. The van der Waals surface area contributed by atoms with E-state index < -0.39 is 20.9 Å². The summed E-state index contributed by atoms with van der Waals surface area (Å²) in [6.45, 7) is 24.3. The summed E-state index contributed by atoms with van der Waals surface area (Å²) in [4.78, 5) is 19.8. The summed E-state index contributed by atoms with van der Waals surface area (Å²) in [5.41, 5.74) is 20.8. The SMILES string of the molecule is CCc1cc(CC)c(C#[N+]O)c(CC)c1C#[N+]C.CCc1cc(CC)c(C#[N+]O)cc1C#[N+]C.C[N+]#Cc1c(C)cc(C)c(Oc2c(C)cc(C)c(C#[N+]O)c2C)c1C.C[N+]#Cc1cc(C)cc(C#[N+]O)c1S(C)(=O)=O.C[N+]#Cc1ccccc1OS(=O)c1ccccc1C#[N+]O.[O-][N+]#Cc1c2ccccc2c(C#[N+][O-])c2ccccc12. The Morgan fingerprint density at radius 1 is 0.376 bits per heavy atom. The molecule has 117 heavy (non-hydrogen) atoms. The van der Waals surface area contributed by atoms with Gasteiger partial charge in [-0.1, -0.05) is 156 Å². The van der Waals surface area contributed by atoms with Gasteiger partial charge in [-0.15, -0.1) is 0 Å². The van der Waals surface area contributed by atoms with E-state index in [4.69, 9.17) is 35.0 Å². The van der Waals surface area contributed by atoms with Crippen molar-refractivity contribution in [1.82, 2.24) is 0 Å². The average Bonchev–Trinajstić information content (AvgIpc) is 0.755. The Morgan fingerprint density at radius 2 is 0.735 bits per heavy atom. The fourth-order valence-electron chi connectivity index (χ4n) is 12.7. The quantitative estimate of drug-likeness (QED) is 0.0598. The first-order chi connectivity index (χ1) is 56.3. The van der Waals surface area contributed by atoms with Crippen molar-refractivity contribution in [2.75, 3.05) is 41.5 Å². The predicted octanol–water partition coefficient (Wildman–Crippen LogP) is 22.0. The monoisotopic (exact) mass is 1610 g/mol. The van der Waals surface area contributed by atoms with Crippen molar-refractivity contribution >= 4 is 42.5 Å². The van der Waals surface area contributed by atoms with Crippen LogP contribution in [0.3, 0.4) is 0 Å². The third kappa shape index (κ3) is 24.5. The molecule has 24 nitrogen and oxygen atoms in total. The standard InChI is InChI=1S/C21H23N2O2.C16H8N2O2.C15H11N2O3S.C15H19N2O.C13H15N2O.C11H11N2O3S/c1-12-8-14(3)20(16(5)18(12)10-22-7)25-21-15(4)9-13(2)19(11-23-24)17(21)6;19-17-9-15-11-5-1-2-6-12(11)16(10-18-20)14-8-4-3-7-13(14)15;1-16-10-12-6-2-4-8-14(12)20-21(19)15-9-5-3-7-13(15)11-17-18;1-5-11-8-12(6-2)15(10-17-18)13(7-3)14(11)9-16-4;1-4-10-6-11(5-2)13(9-15-16)7-12(10)8-14-3;1-8-4-9(6-12-2)11(17(3,15)16)10(5-8)7-13-14/h8-9H,1-7H3;1-8H;2-9H,1H3;8H,5-7H2,1-4H3;6-7H,4-5H2,1-3H3;4-5H,1-3H3/q+1;;4*+1/p+5. The zero-order chi connectivity index (χ0) is 86.3. The van der Waals surface area contributed by atoms with Crippen LogP contribution in [0.15, 0.2) is 149 Å². The Labute approximate surface area is 685 Å². The van der Waals surface area contributed by atoms with E-state index in [2.05, 4.69) is 185 Å². The highest BCUT2D eigenvalue weighted by atomic mass is 32.2. The van der Waals surface area contributed by atoms with Gasteiger partial charge < -0.3 is 19.3 Å². The van der Waals surface area contributed by atoms with Crippen molar-refractivity contribution in [1.29, 1.82) is 0 Å². The minimum atomic E-state index is -3.48. The molecule has 0 spiro atoms. The molecule has 1 atom stereocenters. The third-order valence-electron chi connectivity index (χ3n) is 17.8. The number of nitrogens with zero attached hydrogens (tertiary/aromatic N) is 12. The van der Waals surface area contributed by atoms with Crippen molar-refractivity contribution in [3.63, 3.8) is 0 Å². The van der Waals surface area contributed by atoms with Crippen LogP contribution in [0, 0.1) is 132 Å². The van der Waals surface area contributed by atoms with Gasteiger partial charge in [-0.05, 0) is 179 Å². The number of para-hydroxylation sites is 1. The van der Waals surface area contributed by atoms with Gasteiger partial charge in [0.25, 0.3) is 35.2 Å². The summed E-state index contributed by atoms with van der Waals surface area (Å²) in [5.74, 6) is 1.96. The van der Waals surface area contributed by atoms with Crippen LogP contribution in [0.4, 0.5) is 0 Å². The maximum atomic E-state index is 12.3. The highest BCUT2D eigenvalue weighted by Gasteiger charge is 2.26. The number of hydrogen-bond acceptors (Lipinski definition) is 12. The number of sulfone groups is 1. The lowest BCUT2D eigenvalue weighted by molar-refractivity contribution is 0.463. The van der Waals surface area contributed by atoms with Crippen molar-refractivity contribution in [3.05, 3.63) is 343 Å². The van der Waals surface area contributed by atoms with Crippen LogP contribution in [0.5, 0.6) is 17.2 Å². The average molecular weight is 1610 g/mol. The van der Waals surface area contributed by atoms with E-state index in [1.807, 2.05) is 108 Å². The molecule has 0 aliphatic carbocycles. The molecule has 0 aliphatic rings. The van der Waals surface area contributed by atoms with E-state index >= 15 is 0 Å². The molecule has 1 unspecified atom stereocenters. The minimum absolute atomic E-state index is 0.00602. The van der Waals surface area contributed by atoms with E-state index in [1.165, 1.54) is 18.2 Å². The van der Waals surface area contributed by atoms with Gasteiger partial charge in [0.15, 0.2) is 15.6 Å². The smallest absolute Gasteiger partial charge is 0.389 e. The molecule has 0 saturated carbocycles. The van der Waals surface area contributed by atoms with Crippen LogP contribution in [0.2, 0.25) is 0 Å². The highest BCUT2D eigenvalue weighted by Crippen LogP contribution is 2.39. The molecular weight excluding hydrogens is 1520 g/mol. The molecule has 10 rings (SSSR count). The Balaban J connectivity index is 0.000000252. The van der Waals surface area contributed by atoms with Gasteiger partial charge in [-0.3, -0.25) is 0 Å². The fraction of sp³-hybridized carbons (Fsp3) is 0.253. The molecule has 0 amide bonds. The third-order valence-corrected chi connectivity index (χ3v) is 20.0. The molecule has 26 heteroatoms. The first kappa shape index (κ1) is 92.5. The first-order valence-corrected chi connectivity index (χ1v) is 39.5. The second-order valence-electron chi connectivity index (χ2n) is 25.4. The van der Waals surface area contributed by atoms with Crippen molar-refractivity contribution in [2.45, 2.75) is 125 Å². The molecule has 0 heterocycles. The van der Waals surface area contributed by atoms with E-state index in [9.17, 15) is 23.0 Å². The van der Waals surface area contributed by atoms with E-state index in [0.717, 1.165) is 160 Å². The minimum Gasteiger partial charge on any atom is -0.498 e. The summed E-state index contributed by atoms with van der Waals surface area (Å²) in [7, 11) is 4.73. The summed E-state index contributed by atoms with van der Waals surface area (Å²) in [6.07, 6.45) is 5.56. The Hall–Kier alpha value is -15.1. The molecule has 0 saturated heterocycles. The second kappa shape index (κ2) is 46.7. The van der Waals surface area contributed by atoms with Gasteiger partial charge in [0.2, 0.25) is 36.1 Å². The number of hydrogen-bond donors (Lipinski definition) is 5. The van der Waals surface area contributed by atoms with E-state index in [1.54, 1.807) is 89.7 Å². The molecule has 0 aliphatic heterocycles. The number of rotatable bonds is 11. The molecule has 10 aromatic carbocycles. The lowest BCUT2D eigenvalue weighted by Gasteiger charge is -2.18.